The third-order valence-electron chi connectivity index (χ3n) is 3.79. The normalized spacial score (nSPS) is 13.6. The first-order valence-electron chi connectivity index (χ1n) is 7.73. The zero-order chi connectivity index (χ0) is 17.5. The van der Waals surface area contributed by atoms with E-state index in [2.05, 4.69) is 106 Å². The molecule has 0 bridgehead atoms. The average molecular weight is 448 g/mol. The predicted octanol–water partition coefficient (Wildman–Crippen LogP) is 7.03. The molecule has 0 nitrogen and oxygen atoms in total. The van der Waals surface area contributed by atoms with Crippen LogP contribution in [0.5, 0.6) is 0 Å². The van der Waals surface area contributed by atoms with Gasteiger partial charge >= 0.3 is 0 Å². The summed E-state index contributed by atoms with van der Waals surface area (Å²) in [7, 11) is 1.21. The summed E-state index contributed by atoms with van der Waals surface area (Å²) < 4.78 is 1.08. The van der Waals surface area contributed by atoms with Gasteiger partial charge in [0.25, 0.3) is 0 Å². The van der Waals surface area contributed by atoms with Crippen molar-refractivity contribution in [2.75, 3.05) is 0 Å². The molecule has 1 aromatic carbocycles. The molecule has 0 atom stereocenters. The fraction of sp³-hybridized carbons (Fsp3) is 0.632. The SMILES string of the molecule is CC(C)(C)c1cc(C(C)(C)C)c(P=C(Br)Br)c(C(C)(C)C)c1. The topological polar surface area (TPSA) is 0 Å². The number of hydrogen-bond acceptors (Lipinski definition) is 0. The molecule has 1 aromatic rings. The lowest BCUT2D eigenvalue weighted by Crippen LogP contribution is -2.29. The van der Waals surface area contributed by atoms with Crippen LogP contribution in [0.2, 0.25) is 0 Å². The van der Waals surface area contributed by atoms with Gasteiger partial charge in [-0.2, -0.15) is 0 Å². The van der Waals surface area contributed by atoms with Crippen LogP contribution in [-0.4, -0.2) is 3.11 Å². The van der Waals surface area contributed by atoms with Crippen molar-refractivity contribution in [3.63, 3.8) is 0 Å². The van der Waals surface area contributed by atoms with Gasteiger partial charge in [0.2, 0.25) is 0 Å². The Morgan fingerprint density at radius 3 is 1.32 bits per heavy atom. The van der Waals surface area contributed by atoms with Gasteiger partial charge in [0.15, 0.2) is 0 Å². The van der Waals surface area contributed by atoms with Crippen LogP contribution < -0.4 is 5.30 Å². The van der Waals surface area contributed by atoms with Gasteiger partial charge < -0.3 is 0 Å². The van der Waals surface area contributed by atoms with E-state index in [4.69, 9.17) is 0 Å². The van der Waals surface area contributed by atoms with Gasteiger partial charge in [-0.1, -0.05) is 74.4 Å². The van der Waals surface area contributed by atoms with Gasteiger partial charge in [0.05, 0.1) is 3.11 Å². The highest BCUT2D eigenvalue weighted by Crippen LogP contribution is 2.35. The highest BCUT2D eigenvalue weighted by Gasteiger charge is 2.28. The third-order valence-corrected chi connectivity index (χ3v) is 5.73. The van der Waals surface area contributed by atoms with E-state index in [9.17, 15) is 0 Å². The quantitative estimate of drug-likeness (QED) is 0.405. The molecule has 0 radical (unpaired) electrons. The molecule has 124 valence electrons. The van der Waals surface area contributed by atoms with Gasteiger partial charge in [-0.05, 0) is 73.0 Å². The maximum absolute atomic E-state index is 3.59. The van der Waals surface area contributed by atoms with Crippen molar-refractivity contribution in [2.45, 2.75) is 78.6 Å². The minimum absolute atomic E-state index is 0.124. The van der Waals surface area contributed by atoms with Crippen LogP contribution in [0.3, 0.4) is 0 Å². The molecule has 3 heteroatoms. The lowest BCUT2D eigenvalue weighted by molar-refractivity contribution is 0.554. The Bertz CT molecular complexity index is 540. The lowest BCUT2D eigenvalue weighted by Gasteiger charge is -2.32. The summed E-state index contributed by atoms with van der Waals surface area (Å²) in [4.78, 5) is 0. The van der Waals surface area contributed by atoms with Crippen molar-refractivity contribution >= 4 is 48.5 Å². The molecule has 0 saturated carbocycles. The van der Waals surface area contributed by atoms with Crippen molar-refractivity contribution in [2.24, 2.45) is 0 Å². The predicted molar refractivity (Wildman–Crippen MR) is 112 cm³/mol. The molecule has 0 saturated heterocycles. The molecule has 22 heavy (non-hydrogen) atoms. The Kier molecular flexibility index (Phi) is 6.20. The van der Waals surface area contributed by atoms with Crippen LogP contribution in [-0.2, 0) is 16.2 Å². The fourth-order valence-corrected chi connectivity index (χ4v) is 4.69. The molecule has 0 heterocycles. The minimum atomic E-state index is 0.124. The van der Waals surface area contributed by atoms with Crippen molar-refractivity contribution in [1.29, 1.82) is 0 Å². The van der Waals surface area contributed by atoms with Crippen LogP contribution in [0.15, 0.2) is 12.1 Å². The van der Waals surface area contributed by atoms with Crippen LogP contribution in [0, 0.1) is 0 Å². The van der Waals surface area contributed by atoms with E-state index in [-0.39, 0.29) is 16.2 Å². The number of rotatable bonds is 1. The Balaban J connectivity index is 3.91. The van der Waals surface area contributed by atoms with E-state index in [0.29, 0.717) is 0 Å². The Labute approximate surface area is 155 Å². The smallest absolute Gasteiger partial charge is 0.0561 e. The van der Waals surface area contributed by atoms with Gasteiger partial charge in [0.1, 0.15) is 0 Å². The number of benzene rings is 1. The first-order chi connectivity index (χ1) is 9.64. The maximum atomic E-state index is 3.59. The lowest BCUT2D eigenvalue weighted by atomic mass is 9.75. The highest BCUT2D eigenvalue weighted by atomic mass is 79.9. The molecule has 0 spiro atoms. The van der Waals surface area contributed by atoms with Crippen LogP contribution in [0.4, 0.5) is 0 Å². The van der Waals surface area contributed by atoms with E-state index < -0.39 is 0 Å². The molecule has 0 aromatic heterocycles. The van der Waals surface area contributed by atoms with Gasteiger partial charge in [0, 0.05) is 5.30 Å². The molecule has 0 fully saturated rings. The van der Waals surface area contributed by atoms with Crippen molar-refractivity contribution in [3.8, 4) is 0 Å². The molecule has 1 rings (SSSR count). The van der Waals surface area contributed by atoms with Crippen molar-refractivity contribution < 1.29 is 0 Å². The number of halogens is 2. The molecule has 0 aliphatic heterocycles. The molecule has 0 aliphatic carbocycles. The summed E-state index contributed by atoms with van der Waals surface area (Å²) in [6.07, 6.45) is 0. The van der Waals surface area contributed by atoms with Gasteiger partial charge in [-0.3, -0.25) is 0 Å². The number of hydrogen-bond donors (Lipinski definition) is 0. The Hall–Kier alpha value is 0.350. The second-order valence-corrected chi connectivity index (χ2v) is 14.0. The van der Waals surface area contributed by atoms with Crippen LogP contribution in [0.25, 0.3) is 0 Å². The maximum Gasteiger partial charge on any atom is 0.0878 e. The molecule has 0 unspecified atom stereocenters. The van der Waals surface area contributed by atoms with Gasteiger partial charge in [-0.15, -0.1) is 0 Å². The van der Waals surface area contributed by atoms with E-state index in [1.165, 1.54) is 30.2 Å². The Morgan fingerprint density at radius 1 is 0.727 bits per heavy atom. The van der Waals surface area contributed by atoms with Gasteiger partial charge in [-0.25, -0.2) is 0 Å². The van der Waals surface area contributed by atoms with E-state index in [0.717, 1.165) is 3.11 Å². The first-order valence-corrected chi connectivity index (χ1v) is 10.2. The second-order valence-electron chi connectivity index (χ2n) is 9.02. The average Bonchev–Trinajstić information content (AvgIpc) is 2.23. The summed E-state index contributed by atoms with van der Waals surface area (Å²) in [5, 5.41) is 1.43. The summed E-state index contributed by atoms with van der Waals surface area (Å²) in [6, 6.07) is 4.83. The summed E-state index contributed by atoms with van der Waals surface area (Å²) in [5.41, 5.74) is 4.72. The van der Waals surface area contributed by atoms with E-state index in [1.807, 2.05) is 0 Å². The summed E-state index contributed by atoms with van der Waals surface area (Å²) >= 11 is 7.18. The van der Waals surface area contributed by atoms with Crippen molar-refractivity contribution in [1.82, 2.24) is 0 Å². The summed E-state index contributed by atoms with van der Waals surface area (Å²) in [6.45, 7) is 20.7. The molecule has 0 amide bonds. The summed E-state index contributed by atoms with van der Waals surface area (Å²) in [5.74, 6) is 0. The fourth-order valence-electron chi connectivity index (χ4n) is 2.42. The first kappa shape index (κ1) is 20.4. The van der Waals surface area contributed by atoms with Crippen molar-refractivity contribution in [3.05, 3.63) is 28.8 Å². The largest absolute Gasteiger partial charge is 0.0878 e. The highest BCUT2D eigenvalue weighted by molar-refractivity contribution is 9.41. The second kappa shape index (κ2) is 6.69. The standard InChI is InChI=1S/C19H29Br2P/c1-17(2,3)12-10-13(18(4,5)6)15(22-16(20)21)14(11-12)19(7,8)9/h10-11H,1-9H3. The Morgan fingerprint density at radius 2 is 1.09 bits per heavy atom. The monoisotopic (exact) mass is 446 g/mol. The molecule has 0 aliphatic rings. The zero-order valence-corrected chi connectivity index (χ0v) is 19.4. The minimum Gasteiger partial charge on any atom is -0.0561 e. The third kappa shape index (κ3) is 5.18. The van der Waals surface area contributed by atoms with Crippen LogP contribution in [0.1, 0.15) is 79.0 Å². The molecular formula is C19H29Br2P. The molecule has 0 N–H and O–H groups in total. The van der Waals surface area contributed by atoms with Crippen LogP contribution >= 0.6 is 40.1 Å². The zero-order valence-electron chi connectivity index (χ0n) is 15.4. The van der Waals surface area contributed by atoms with E-state index >= 15 is 0 Å². The van der Waals surface area contributed by atoms with E-state index in [1.54, 1.807) is 0 Å². The molecular weight excluding hydrogens is 419 g/mol.